The van der Waals surface area contributed by atoms with Gasteiger partial charge in [-0.3, -0.25) is 0 Å². The van der Waals surface area contributed by atoms with Gasteiger partial charge in [0.2, 0.25) is 0 Å². The second-order valence-electron chi connectivity index (χ2n) is 5.22. The molecule has 1 aromatic heterocycles. The minimum atomic E-state index is 0.596. The number of hydrogen-bond donors (Lipinski definition) is 1. The van der Waals surface area contributed by atoms with Crippen molar-refractivity contribution in [2.75, 3.05) is 6.54 Å². The van der Waals surface area contributed by atoms with Crippen molar-refractivity contribution in [3.63, 3.8) is 0 Å². The summed E-state index contributed by atoms with van der Waals surface area (Å²) in [5, 5.41) is 5.00. The van der Waals surface area contributed by atoms with Crippen LogP contribution in [-0.2, 0) is 6.54 Å². The Hall–Kier alpha value is -0.860. The summed E-state index contributed by atoms with van der Waals surface area (Å²) in [5.74, 6) is 0.596. The molecule has 18 heavy (non-hydrogen) atoms. The molecule has 0 saturated heterocycles. The first-order valence-electron chi connectivity index (χ1n) is 6.86. The molecule has 1 aromatic carbocycles. The maximum Gasteiger partial charge on any atom is 0.0378 e. The monoisotopic (exact) mass is 261 g/mol. The van der Waals surface area contributed by atoms with Gasteiger partial charge in [-0.15, -0.1) is 11.3 Å². The van der Waals surface area contributed by atoms with Gasteiger partial charge in [-0.1, -0.05) is 39.0 Å². The van der Waals surface area contributed by atoms with Crippen LogP contribution in [0.2, 0.25) is 0 Å². The van der Waals surface area contributed by atoms with Gasteiger partial charge < -0.3 is 5.32 Å². The molecule has 0 unspecified atom stereocenters. The highest BCUT2D eigenvalue weighted by molar-refractivity contribution is 7.19. The molecule has 2 rings (SSSR count). The molecule has 0 aliphatic carbocycles. The average Bonchev–Trinajstić information content (AvgIpc) is 2.69. The van der Waals surface area contributed by atoms with Crippen molar-refractivity contribution in [2.24, 2.45) is 0 Å². The lowest BCUT2D eigenvalue weighted by molar-refractivity contribution is 0.675. The number of benzene rings is 1. The molecule has 0 amide bonds. The SMILES string of the molecule is CCCNCc1sc2c(C)cccc2c1C(C)C. The number of rotatable bonds is 5. The lowest BCUT2D eigenvalue weighted by atomic mass is 9.98. The normalized spacial score (nSPS) is 11.6. The first-order valence-corrected chi connectivity index (χ1v) is 7.68. The Balaban J connectivity index is 2.44. The van der Waals surface area contributed by atoms with E-state index in [1.807, 2.05) is 11.3 Å². The van der Waals surface area contributed by atoms with Crippen molar-refractivity contribution in [1.29, 1.82) is 0 Å². The summed E-state index contributed by atoms with van der Waals surface area (Å²) >= 11 is 1.97. The van der Waals surface area contributed by atoms with Crippen LogP contribution in [0, 0.1) is 6.92 Å². The Bertz CT molecular complexity index is 525. The van der Waals surface area contributed by atoms with Crippen LogP contribution in [0.3, 0.4) is 0 Å². The maximum atomic E-state index is 3.54. The Morgan fingerprint density at radius 3 is 2.72 bits per heavy atom. The molecule has 98 valence electrons. The first-order chi connectivity index (χ1) is 8.65. The summed E-state index contributed by atoms with van der Waals surface area (Å²) in [6.07, 6.45) is 1.20. The fourth-order valence-electron chi connectivity index (χ4n) is 2.47. The predicted molar refractivity (Wildman–Crippen MR) is 82.6 cm³/mol. The van der Waals surface area contributed by atoms with E-state index in [0.29, 0.717) is 5.92 Å². The summed E-state index contributed by atoms with van der Waals surface area (Å²) in [6, 6.07) is 6.67. The van der Waals surface area contributed by atoms with Gasteiger partial charge in [-0.25, -0.2) is 0 Å². The zero-order valence-electron chi connectivity index (χ0n) is 11.8. The fourth-order valence-corrected chi connectivity index (χ4v) is 3.86. The predicted octanol–water partition coefficient (Wildman–Crippen LogP) is 4.83. The van der Waals surface area contributed by atoms with Crippen molar-refractivity contribution in [3.05, 3.63) is 34.2 Å². The number of thiophene rings is 1. The minimum Gasteiger partial charge on any atom is -0.312 e. The molecule has 1 N–H and O–H groups in total. The van der Waals surface area contributed by atoms with Gasteiger partial charge in [0.25, 0.3) is 0 Å². The second-order valence-corrected chi connectivity index (χ2v) is 6.33. The van der Waals surface area contributed by atoms with Crippen LogP contribution in [0.1, 0.15) is 49.1 Å². The molecule has 2 aromatic rings. The maximum absolute atomic E-state index is 3.54. The van der Waals surface area contributed by atoms with E-state index in [9.17, 15) is 0 Å². The molecule has 0 bridgehead atoms. The highest BCUT2D eigenvalue weighted by atomic mass is 32.1. The highest BCUT2D eigenvalue weighted by Crippen LogP contribution is 2.37. The largest absolute Gasteiger partial charge is 0.312 e. The molecular formula is C16H23NS. The van der Waals surface area contributed by atoms with Gasteiger partial charge in [-0.2, -0.15) is 0 Å². The van der Waals surface area contributed by atoms with Gasteiger partial charge in [0.05, 0.1) is 0 Å². The quantitative estimate of drug-likeness (QED) is 0.760. The Morgan fingerprint density at radius 1 is 1.28 bits per heavy atom. The molecule has 0 radical (unpaired) electrons. The van der Waals surface area contributed by atoms with Crippen molar-refractivity contribution < 1.29 is 0 Å². The zero-order chi connectivity index (χ0) is 13.1. The van der Waals surface area contributed by atoms with E-state index >= 15 is 0 Å². The number of fused-ring (bicyclic) bond motifs is 1. The van der Waals surface area contributed by atoms with E-state index in [0.717, 1.165) is 13.1 Å². The minimum absolute atomic E-state index is 0.596. The zero-order valence-corrected chi connectivity index (χ0v) is 12.7. The van der Waals surface area contributed by atoms with E-state index in [2.05, 4.69) is 51.2 Å². The van der Waals surface area contributed by atoms with Gasteiger partial charge in [-0.05, 0) is 42.3 Å². The molecule has 0 saturated carbocycles. The van der Waals surface area contributed by atoms with Gasteiger partial charge in [0.1, 0.15) is 0 Å². The highest BCUT2D eigenvalue weighted by Gasteiger charge is 2.15. The third-order valence-corrected chi connectivity index (χ3v) is 4.67. The van der Waals surface area contributed by atoms with Crippen LogP contribution in [0.15, 0.2) is 18.2 Å². The van der Waals surface area contributed by atoms with Crippen LogP contribution in [-0.4, -0.2) is 6.54 Å². The van der Waals surface area contributed by atoms with Crippen LogP contribution >= 0.6 is 11.3 Å². The molecule has 2 heteroatoms. The summed E-state index contributed by atoms with van der Waals surface area (Å²) in [7, 11) is 0. The number of aryl methyl sites for hydroxylation is 1. The molecule has 0 atom stereocenters. The third-order valence-electron chi connectivity index (χ3n) is 3.32. The third kappa shape index (κ3) is 2.60. The summed E-state index contributed by atoms with van der Waals surface area (Å²) < 4.78 is 1.47. The number of hydrogen-bond acceptors (Lipinski definition) is 2. The van der Waals surface area contributed by atoms with E-state index in [1.165, 1.54) is 26.9 Å². The fraction of sp³-hybridized carbons (Fsp3) is 0.500. The summed E-state index contributed by atoms with van der Waals surface area (Å²) in [6.45, 7) is 11.1. The Morgan fingerprint density at radius 2 is 2.06 bits per heavy atom. The molecular weight excluding hydrogens is 238 g/mol. The van der Waals surface area contributed by atoms with Crippen molar-refractivity contribution >= 4 is 21.4 Å². The average molecular weight is 261 g/mol. The topological polar surface area (TPSA) is 12.0 Å². The lowest BCUT2D eigenvalue weighted by Gasteiger charge is -2.09. The Labute approximate surface area is 114 Å². The van der Waals surface area contributed by atoms with E-state index in [4.69, 9.17) is 0 Å². The van der Waals surface area contributed by atoms with Gasteiger partial charge in [0.15, 0.2) is 0 Å². The van der Waals surface area contributed by atoms with Gasteiger partial charge >= 0.3 is 0 Å². The van der Waals surface area contributed by atoms with E-state index in [-0.39, 0.29) is 0 Å². The lowest BCUT2D eigenvalue weighted by Crippen LogP contribution is -2.14. The van der Waals surface area contributed by atoms with Crippen LogP contribution in [0.5, 0.6) is 0 Å². The summed E-state index contributed by atoms with van der Waals surface area (Å²) in [4.78, 5) is 1.52. The first kappa shape index (κ1) is 13.6. The molecule has 0 fully saturated rings. The standard InChI is InChI=1S/C16H23NS/c1-5-9-17-10-14-15(11(2)3)13-8-6-7-12(4)16(13)18-14/h6-8,11,17H,5,9-10H2,1-4H3. The van der Waals surface area contributed by atoms with Crippen molar-refractivity contribution in [3.8, 4) is 0 Å². The molecule has 1 heterocycles. The van der Waals surface area contributed by atoms with Crippen molar-refractivity contribution in [1.82, 2.24) is 5.32 Å². The number of nitrogens with one attached hydrogen (secondary N) is 1. The van der Waals surface area contributed by atoms with Crippen LogP contribution in [0.4, 0.5) is 0 Å². The summed E-state index contributed by atoms with van der Waals surface area (Å²) in [5.41, 5.74) is 2.95. The smallest absolute Gasteiger partial charge is 0.0378 e. The van der Waals surface area contributed by atoms with E-state index < -0.39 is 0 Å². The van der Waals surface area contributed by atoms with E-state index in [1.54, 1.807) is 5.56 Å². The van der Waals surface area contributed by atoms with Crippen LogP contribution < -0.4 is 5.32 Å². The van der Waals surface area contributed by atoms with Crippen LogP contribution in [0.25, 0.3) is 10.1 Å². The molecule has 0 aliphatic rings. The molecule has 0 aliphatic heterocycles. The molecule has 0 spiro atoms. The molecule has 1 nitrogen and oxygen atoms in total. The van der Waals surface area contributed by atoms with Gasteiger partial charge in [0, 0.05) is 16.1 Å². The Kier molecular flexibility index (Phi) is 4.41. The van der Waals surface area contributed by atoms with Crippen molar-refractivity contribution in [2.45, 2.75) is 46.6 Å². The second kappa shape index (κ2) is 5.85.